The Hall–Kier alpha value is -2.63. The monoisotopic (exact) mass is 274 g/mol. The summed E-state index contributed by atoms with van der Waals surface area (Å²) in [7, 11) is 0. The summed E-state index contributed by atoms with van der Waals surface area (Å²) in [5.41, 5.74) is 2.27. The second-order valence-electron chi connectivity index (χ2n) is 4.18. The topological polar surface area (TPSA) is 85.5 Å². The molecule has 2 aromatic heterocycles. The number of aromatic nitrogens is 2. The highest BCUT2D eigenvalue weighted by Gasteiger charge is 2.09. The number of ether oxygens (including phenoxy) is 1. The lowest BCUT2D eigenvalue weighted by molar-refractivity contribution is -0.131. The highest BCUT2D eigenvalue weighted by atomic mass is 16.5. The smallest absolute Gasteiger partial charge is 0.328 e. The Bertz CT molecular complexity index is 610. The molecule has 0 fully saturated rings. The van der Waals surface area contributed by atoms with Crippen molar-refractivity contribution in [3.8, 4) is 5.75 Å². The zero-order valence-corrected chi connectivity index (χ0v) is 11.2. The van der Waals surface area contributed by atoms with Gasteiger partial charge in [-0.1, -0.05) is 5.16 Å². The Kier molecular flexibility index (Phi) is 4.14. The quantitative estimate of drug-likeness (QED) is 0.842. The predicted molar refractivity (Wildman–Crippen MR) is 71.2 cm³/mol. The molecule has 6 nitrogen and oxygen atoms in total. The molecule has 0 atom stereocenters. The SMILES string of the molecule is Cc1noc(C)c1COc1ccc(C=CC(=O)O)nc1. The molecule has 0 bridgehead atoms. The van der Waals surface area contributed by atoms with E-state index in [0.29, 0.717) is 18.1 Å². The van der Waals surface area contributed by atoms with Gasteiger partial charge in [0.15, 0.2) is 0 Å². The summed E-state index contributed by atoms with van der Waals surface area (Å²) in [6, 6.07) is 3.41. The summed E-state index contributed by atoms with van der Waals surface area (Å²) in [5.74, 6) is 0.319. The standard InChI is InChI=1S/C14H14N2O4/c1-9-13(10(2)20-16-9)8-19-12-5-3-11(15-7-12)4-6-14(17)18/h3-7H,8H2,1-2H3,(H,17,18). The molecule has 0 saturated carbocycles. The minimum atomic E-state index is -1.01. The molecule has 0 amide bonds. The molecule has 1 N–H and O–H groups in total. The molecular formula is C14H14N2O4. The van der Waals surface area contributed by atoms with Gasteiger partial charge in [-0.25, -0.2) is 4.79 Å². The summed E-state index contributed by atoms with van der Waals surface area (Å²) in [5, 5.41) is 12.4. The van der Waals surface area contributed by atoms with Gasteiger partial charge in [0.05, 0.1) is 23.1 Å². The van der Waals surface area contributed by atoms with Crippen molar-refractivity contribution in [3.05, 3.63) is 47.1 Å². The van der Waals surface area contributed by atoms with Gasteiger partial charge in [0.2, 0.25) is 0 Å². The molecule has 0 saturated heterocycles. The van der Waals surface area contributed by atoms with Crippen molar-refractivity contribution in [2.24, 2.45) is 0 Å². The first-order valence-electron chi connectivity index (χ1n) is 5.98. The van der Waals surface area contributed by atoms with E-state index < -0.39 is 5.97 Å². The number of nitrogens with zero attached hydrogens (tertiary/aromatic N) is 2. The molecule has 0 aliphatic heterocycles. The van der Waals surface area contributed by atoms with Crippen molar-refractivity contribution >= 4 is 12.0 Å². The second-order valence-corrected chi connectivity index (χ2v) is 4.18. The highest BCUT2D eigenvalue weighted by molar-refractivity contribution is 5.84. The number of pyridine rings is 1. The molecule has 6 heteroatoms. The molecular weight excluding hydrogens is 260 g/mol. The van der Waals surface area contributed by atoms with Gasteiger partial charge in [0.25, 0.3) is 0 Å². The van der Waals surface area contributed by atoms with Crippen molar-refractivity contribution in [3.63, 3.8) is 0 Å². The van der Waals surface area contributed by atoms with Gasteiger partial charge in [-0.2, -0.15) is 0 Å². The Labute approximate surface area is 115 Å². The van der Waals surface area contributed by atoms with E-state index in [-0.39, 0.29) is 0 Å². The third kappa shape index (κ3) is 3.44. The van der Waals surface area contributed by atoms with E-state index in [9.17, 15) is 4.79 Å². The van der Waals surface area contributed by atoms with E-state index in [0.717, 1.165) is 23.1 Å². The van der Waals surface area contributed by atoms with Crippen LogP contribution in [-0.4, -0.2) is 21.2 Å². The lowest BCUT2D eigenvalue weighted by atomic mass is 10.2. The minimum Gasteiger partial charge on any atom is -0.487 e. The van der Waals surface area contributed by atoms with Gasteiger partial charge in [-0.05, 0) is 32.1 Å². The van der Waals surface area contributed by atoms with Crippen LogP contribution in [0.5, 0.6) is 5.75 Å². The zero-order chi connectivity index (χ0) is 14.5. The third-order valence-electron chi connectivity index (χ3n) is 2.72. The van der Waals surface area contributed by atoms with Gasteiger partial charge in [0, 0.05) is 6.08 Å². The molecule has 0 aliphatic rings. The third-order valence-corrected chi connectivity index (χ3v) is 2.72. The summed E-state index contributed by atoms with van der Waals surface area (Å²) in [6.45, 7) is 4.04. The van der Waals surface area contributed by atoms with Crippen LogP contribution >= 0.6 is 0 Å². The van der Waals surface area contributed by atoms with Crippen LogP contribution in [0.1, 0.15) is 22.7 Å². The van der Waals surface area contributed by atoms with Crippen LogP contribution in [0.2, 0.25) is 0 Å². The molecule has 0 aromatic carbocycles. The lowest BCUT2D eigenvalue weighted by Gasteiger charge is -2.05. The first-order chi connectivity index (χ1) is 9.56. The molecule has 0 radical (unpaired) electrons. The van der Waals surface area contributed by atoms with Gasteiger partial charge < -0.3 is 14.4 Å². The Balaban J connectivity index is 1.99. The molecule has 2 rings (SSSR count). The van der Waals surface area contributed by atoms with Crippen LogP contribution in [0.3, 0.4) is 0 Å². The average Bonchev–Trinajstić information content (AvgIpc) is 2.75. The number of rotatable bonds is 5. The Morgan fingerprint density at radius 1 is 1.45 bits per heavy atom. The molecule has 0 spiro atoms. The van der Waals surface area contributed by atoms with Gasteiger partial charge in [-0.3, -0.25) is 4.98 Å². The second kappa shape index (κ2) is 6.01. The van der Waals surface area contributed by atoms with Crippen molar-refractivity contribution in [1.29, 1.82) is 0 Å². The number of hydrogen-bond acceptors (Lipinski definition) is 5. The fraction of sp³-hybridized carbons (Fsp3) is 0.214. The van der Waals surface area contributed by atoms with E-state index >= 15 is 0 Å². The van der Waals surface area contributed by atoms with E-state index in [4.69, 9.17) is 14.4 Å². The van der Waals surface area contributed by atoms with Gasteiger partial charge >= 0.3 is 5.97 Å². The lowest BCUT2D eigenvalue weighted by Crippen LogP contribution is -1.98. The zero-order valence-electron chi connectivity index (χ0n) is 11.2. The summed E-state index contributed by atoms with van der Waals surface area (Å²) in [6.07, 6.45) is 3.99. The Morgan fingerprint density at radius 3 is 2.80 bits per heavy atom. The number of carboxylic acids is 1. The summed E-state index contributed by atoms with van der Waals surface area (Å²) < 4.78 is 10.6. The molecule has 0 aliphatic carbocycles. The first kappa shape index (κ1) is 13.8. The number of aliphatic carboxylic acids is 1. The predicted octanol–water partition coefficient (Wildman–Crippen LogP) is 2.36. The first-order valence-corrected chi connectivity index (χ1v) is 5.98. The Morgan fingerprint density at radius 2 is 2.25 bits per heavy atom. The van der Waals surface area contributed by atoms with E-state index in [2.05, 4.69) is 10.1 Å². The van der Waals surface area contributed by atoms with Crippen LogP contribution in [-0.2, 0) is 11.4 Å². The van der Waals surface area contributed by atoms with Crippen molar-refractivity contribution in [2.45, 2.75) is 20.5 Å². The number of aryl methyl sites for hydroxylation is 2. The molecule has 104 valence electrons. The molecule has 20 heavy (non-hydrogen) atoms. The maximum Gasteiger partial charge on any atom is 0.328 e. The maximum absolute atomic E-state index is 10.4. The minimum absolute atomic E-state index is 0.354. The van der Waals surface area contributed by atoms with Crippen LogP contribution in [0.15, 0.2) is 28.9 Å². The molecule has 2 heterocycles. The highest BCUT2D eigenvalue weighted by Crippen LogP contribution is 2.17. The maximum atomic E-state index is 10.4. The van der Waals surface area contributed by atoms with E-state index in [1.54, 1.807) is 18.3 Å². The average molecular weight is 274 g/mol. The normalized spacial score (nSPS) is 10.9. The summed E-state index contributed by atoms with van der Waals surface area (Å²) in [4.78, 5) is 14.5. The fourth-order valence-electron chi connectivity index (χ4n) is 1.60. The number of hydrogen-bond donors (Lipinski definition) is 1. The van der Waals surface area contributed by atoms with E-state index in [1.165, 1.54) is 6.08 Å². The van der Waals surface area contributed by atoms with Crippen LogP contribution < -0.4 is 4.74 Å². The van der Waals surface area contributed by atoms with E-state index in [1.807, 2.05) is 13.8 Å². The number of carboxylic acid groups (broad SMARTS) is 1. The fourth-order valence-corrected chi connectivity index (χ4v) is 1.60. The van der Waals surface area contributed by atoms with Gasteiger partial charge in [-0.15, -0.1) is 0 Å². The van der Waals surface area contributed by atoms with Crippen molar-refractivity contribution in [2.75, 3.05) is 0 Å². The van der Waals surface area contributed by atoms with Crippen LogP contribution in [0.4, 0.5) is 0 Å². The van der Waals surface area contributed by atoms with Crippen molar-refractivity contribution in [1.82, 2.24) is 10.1 Å². The molecule has 0 unspecified atom stereocenters. The van der Waals surface area contributed by atoms with Crippen LogP contribution in [0.25, 0.3) is 6.08 Å². The number of carbonyl (C=O) groups is 1. The molecule has 2 aromatic rings. The summed E-state index contributed by atoms with van der Waals surface area (Å²) >= 11 is 0. The van der Waals surface area contributed by atoms with Crippen molar-refractivity contribution < 1.29 is 19.2 Å². The van der Waals surface area contributed by atoms with Crippen LogP contribution in [0, 0.1) is 13.8 Å². The largest absolute Gasteiger partial charge is 0.487 e. The van der Waals surface area contributed by atoms with Gasteiger partial charge in [0.1, 0.15) is 18.1 Å².